The van der Waals surface area contributed by atoms with Crippen molar-refractivity contribution in [1.29, 1.82) is 0 Å². The molecule has 1 atom stereocenters. The lowest BCUT2D eigenvalue weighted by atomic mass is 10.2. The van der Waals surface area contributed by atoms with E-state index in [1.807, 2.05) is 6.07 Å². The second kappa shape index (κ2) is 4.58. The smallest absolute Gasteiger partial charge is 0.0637 e. The first-order valence-corrected chi connectivity index (χ1v) is 7.07. The minimum atomic E-state index is 0.336. The van der Waals surface area contributed by atoms with Crippen molar-refractivity contribution < 1.29 is 0 Å². The number of nitrogens with zero attached hydrogens (tertiary/aromatic N) is 1. The zero-order valence-corrected chi connectivity index (χ0v) is 11.1. The molecule has 1 aliphatic heterocycles. The first-order valence-electron chi connectivity index (χ1n) is 5.88. The Balaban J connectivity index is 1.88. The molecule has 1 aliphatic rings. The highest BCUT2D eigenvalue weighted by Crippen LogP contribution is 2.36. The number of benzene rings is 1. The lowest BCUT2D eigenvalue weighted by Crippen LogP contribution is -2.26. The standard InChI is InChI=1S/C13H15ClN2S/c14-13-10-3-1-2-4-11(10)17-12(13)8-16-6-5-9(15)7-16/h1-4,9H,5-8,15H2/t9-/m0/s1. The second-order valence-corrected chi connectivity index (χ2v) is 6.13. The number of halogens is 1. The minimum absolute atomic E-state index is 0.336. The van der Waals surface area contributed by atoms with Crippen LogP contribution in [0.5, 0.6) is 0 Å². The van der Waals surface area contributed by atoms with Crippen molar-refractivity contribution in [2.24, 2.45) is 5.73 Å². The minimum Gasteiger partial charge on any atom is -0.326 e. The van der Waals surface area contributed by atoms with E-state index in [1.54, 1.807) is 11.3 Å². The highest BCUT2D eigenvalue weighted by molar-refractivity contribution is 7.19. The third-order valence-electron chi connectivity index (χ3n) is 3.28. The first kappa shape index (κ1) is 11.5. The van der Waals surface area contributed by atoms with Gasteiger partial charge in [-0.15, -0.1) is 11.3 Å². The number of hydrogen-bond donors (Lipinski definition) is 1. The lowest BCUT2D eigenvalue weighted by molar-refractivity contribution is 0.330. The van der Waals surface area contributed by atoms with E-state index in [0.717, 1.165) is 31.1 Å². The van der Waals surface area contributed by atoms with Crippen LogP contribution in [0.15, 0.2) is 24.3 Å². The van der Waals surface area contributed by atoms with Crippen molar-refractivity contribution in [3.8, 4) is 0 Å². The highest BCUT2D eigenvalue weighted by Gasteiger charge is 2.21. The summed E-state index contributed by atoms with van der Waals surface area (Å²) >= 11 is 8.22. The van der Waals surface area contributed by atoms with Crippen LogP contribution in [0.3, 0.4) is 0 Å². The predicted molar refractivity (Wildman–Crippen MR) is 74.7 cm³/mol. The van der Waals surface area contributed by atoms with E-state index in [-0.39, 0.29) is 0 Å². The summed E-state index contributed by atoms with van der Waals surface area (Å²) in [6.07, 6.45) is 1.10. The van der Waals surface area contributed by atoms with Gasteiger partial charge in [0, 0.05) is 40.6 Å². The van der Waals surface area contributed by atoms with Gasteiger partial charge >= 0.3 is 0 Å². The quantitative estimate of drug-likeness (QED) is 0.905. The fourth-order valence-electron chi connectivity index (χ4n) is 2.38. The molecule has 1 fully saturated rings. The molecular weight excluding hydrogens is 252 g/mol. The summed E-state index contributed by atoms with van der Waals surface area (Å²) in [4.78, 5) is 3.66. The topological polar surface area (TPSA) is 29.3 Å². The number of fused-ring (bicyclic) bond motifs is 1. The molecular formula is C13H15ClN2S. The van der Waals surface area contributed by atoms with Crippen molar-refractivity contribution in [3.05, 3.63) is 34.2 Å². The SMILES string of the molecule is N[C@H]1CCN(Cc2sc3ccccc3c2Cl)C1. The monoisotopic (exact) mass is 266 g/mol. The van der Waals surface area contributed by atoms with E-state index < -0.39 is 0 Å². The third-order valence-corrected chi connectivity index (χ3v) is 4.98. The molecule has 17 heavy (non-hydrogen) atoms. The fourth-order valence-corrected chi connectivity index (χ4v) is 3.91. The normalized spacial score (nSPS) is 21.4. The molecule has 0 spiro atoms. The molecule has 1 aromatic heterocycles. The summed E-state index contributed by atoms with van der Waals surface area (Å²) in [5.41, 5.74) is 5.92. The molecule has 2 aromatic rings. The van der Waals surface area contributed by atoms with Crippen molar-refractivity contribution in [2.45, 2.75) is 19.0 Å². The average molecular weight is 267 g/mol. The number of nitrogens with two attached hydrogens (primary N) is 1. The van der Waals surface area contributed by atoms with Crippen LogP contribution < -0.4 is 5.73 Å². The van der Waals surface area contributed by atoms with Gasteiger partial charge in [-0.3, -0.25) is 4.90 Å². The summed E-state index contributed by atoms with van der Waals surface area (Å²) in [5.74, 6) is 0. The maximum absolute atomic E-state index is 6.42. The van der Waals surface area contributed by atoms with Gasteiger partial charge in [0.25, 0.3) is 0 Å². The van der Waals surface area contributed by atoms with E-state index in [1.165, 1.54) is 15.0 Å². The van der Waals surface area contributed by atoms with Gasteiger partial charge in [0.05, 0.1) is 5.02 Å². The molecule has 2 nitrogen and oxygen atoms in total. The van der Waals surface area contributed by atoms with E-state index in [2.05, 4.69) is 23.1 Å². The second-order valence-electron chi connectivity index (χ2n) is 4.62. The van der Waals surface area contributed by atoms with Gasteiger partial charge in [-0.1, -0.05) is 29.8 Å². The van der Waals surface area contributed by atoms with Crippen molar-refractivity contribution >= 4 is 33.0 Å². The Morgan fingerprint density at radius 2 is 2.24 bits per heavy atom. The van der Waals surface area contributed by atoms with Crippen LogP contribution in [-0.2, 0) is 6.54 Å². The summed E-state index contributed by atoms with van der Waals surface area (Å²) in [6, 6.07) is 8.66. The summed E-state index contributed by atoms with van der Waals surface area (Å²) < 4.78 is 1.27. The number of thiophene rings is 1. The maximum atomic E-state index is 6.42. The van der Waals surface area contributed by atoms with Crippen molar-refractivity contribution in [3.63, 3.8) is 0 Å². The molecule has 0 bridgehead atoms. The van der Waals surface area contributed by atoms with Gasteiger partial charge in [-0.2, -0.15) is 0 Å². The van der Waals surface area contributed by atoms with Crippen LogP contribution in [0.2, 0.25) is 5.02 Å². The predicted octanol–water partition coefficient (Wildman–Crippen LogP) is 3.09. The third kappa shape index (κ3) is 2.20. The lowest BCUT2D eigenvalue weighted by Gasteiger charge is -2.13. The molecule has 1 aromatic carbocycles. The Morgan fingerprint density at radius 1 is 1.41 bits per heavy atom. The molecule has 0 unspecified atom stereocenters. The molecule has 2 heterocycles. The number of likely N-dealkylation sites (tertiary alicyclic amines) is 1. The maximum Gasteiger partial charge on any atom is 0.0637 e. The zero-order chi connectivity index (χ0) is 11.8. The van der Waals surface area contributed by atoms with Crippen LogP contribution in [0, 0.1) is 0 Å². The van der Waals surface area contributed by atoms with Gasteiger partial charge in [0.15, 0.2) is 0 Å². The number of hydrogen-bond acceptors (Lipinski definition) is 3. The van der Waals surface area contributed by atoms with Crippen LogP contribution in [-0.4, -0.2) is 24.0 Å². The summed E-state index contributed by atoms with van der Waals surface area (Å²) in [7, 11) is 0. The van der Waals surface area contributed by atoms with E-state index in [9.17, 15) is 0 Å². The van der Waals surface area contributed by atoms with E-state index in [4.69, 9.17) is 17.3 Å². The Labute approximate surface area is 110 Å². The van der Waals surface area contributed by atoms with Crippen molar-refractivity contribution in [1.82, 2.24) is 4.90 Å². The fraction of sp³-hybridized carbons (Fsp3) is 0.385. The Bertz CT molecular complexity index is 537. The molecule has 3 rings (SSSR count). The largest absolute Gasteiger partial charge is 0.326 e. The van der Waals surface area contributed by atoms with Gasteiger partial charge in [-0.25, -0.2) is 0 Å². The molecule has 0 amide bonds. The zero-order valence-electron chi connectivity index (χ0n) is 9.53. The Kier molecular flexibility index (Phi) is 3.09. The van der Waals surface area contributed by atoms with Gasteiger partial charge in [0.1, 0.15) is 0 Å². The first-order chi connectivity index (χ1) is 8.24. The molecule has 90 valence electrons. The van der Waals surface area contributed by atoms with Crippen LogP contribution in [0.4, 0.5) is 0 Å². The molecule has 2 N–H and O–H groups in total. The molecule has 0 aliphatic carbocycles. The van der Waals surface area contributed by atoms with Gasteiger partial charge < -0.3 is 5.73 Å². The Hall–Kier alpha value is -0.610. The Morgan fingerprint density at radius 3 is 2.94 bits per heavy atom. The molecule has 4 heteroatoms. The van der Waals surface area contributed by atoms with Crippen LogP contribution >= 0.6 is 22.9 Å². The van der Waals surface area contributed by atoms with E-state index >= 15 is 0 Å². The van der Waals surface area contributed by atoms with Crippen molar-refractivity contribution in [2.75, 3.05) is 13.1 Å². The summed E-state index contributed by atoms with van der Waals surface area (Å²) in [6.45, 7) is 3.02. The average Bonchev–Trinajstić information content (AvgIpc) is 2.86. The summed E-state index contributed by atoms with van der Waals surface area (Å²) in [5, 5.41) is 2.10. The van der Waals surface area contributed by atoms with Gasteiger partial charge in [-0.05, 0) is 12.5 Å². The molecule has 1 saturated heterocycles. The number of rotatable bonds is 2. The highest BCUT2D eigenvalue weighted by atomic mass is 35.5. The van der Waals surface area contributed by atoms with E-state index in [0.29, 0.717) is 6.04 Å². The molecule has 0 saturated carbocycles. The van der Waals surface area contributed by atoms with Crippen LogP contribution in [0.1, 0.15) is 11.3 Å². The molecule has 0 radical (unpaired) electrons. The van der Waals surface area contributed by atoms with Gasteiger partial charge in [0.2, 0.25) is 0 Å². The van der Waals surface area contributed by atoms with Crippen LogP contribution in [0.25, 0.3) is 10.1 Å².